The fourth-order valence-corrected chi connectivity index (χ4v) is 1.72. The Morgan fingerprint density at radius 1 is 1.24 bits per heavy atom. The van der Waals surface area contributed by atoms with Crippen molar-refractivity contribution >= 4 is 10.9 Å². The number of benzene rings is 1. The molecule has 0 bridgehead atoms. The van der Waals surface area contributed by atoms with Gasteiger partial charge >= 0.3 is 6.18 Å². The van der Waals surface area contributed by atoms with E-state index in [1.165, 1.54) is 6.07 Å². The lowest BCUT2D eigenvalue weighted by Crippen LogP contribution is -2.10. The maximum atomic E-state index is 12.8. The second-order valence-electron chi connectivity index (χ2n) is 3.62. The third kappa shape index (κ3) is 2.08. The van der Waals surface area contributed by atoms with Crippen LogP contribution in [0.5, 0.6) is 0 Å². The van der Waals surface area contributed by atoms with Crippen LogP contribution in [0.3, 0.4) is 0 Å². The number of fused-ring (bicyclic) bond motifs is 1. The molecule has 1 heterocycles. The molecule has 2 aromatic rings. The molecule has 0 saturated carbocycles. The summed E-state index contributed by atoms with van der Waals surface area (Å²) in [6.45, 7) is 1.63. The van der Waals surface area contributed by atoms with Gasteiger partial charge in [-0.25, -0.2) is 9.97 Å². The summed E-state index contributed by atoms with van der Waals surface area (Å²) >= 11 is 0. The van der Waals surface area contributed by atoms with Gasteiger partial charge in [-0.1, -0.05) is 12.1 Å². The first kappa shape index (κ1) is 11.8. The van der Waals surface area contributed by atoms with Crippen molar-refractivity contribution in [1.29, 1.82) is 0 Å². The molecule has 0 aliphatic rings. The predicted octanol–water partition coefficient (Wildman–Crippen LogP) is 2.42. The van der Waals surface area contributed by atoms with Crippen LogP contribution in [-0.4, -0.2) is 9.97 Å². The van der Waals surface area contributed by atoms with Crippen molar-refractivity contribution in [2.24, 2.45) is 5.73 Å². The topological polar surface area (TPSA) is 51.8 Å². The second kappa shape index (κ2) is 3.96. The average Bonchev–Trinajstić information content (AvgIpc) is 2.25. The first-order valence-electron chi connectivity index (χ1n) is 4.97. The van der Waals surface area contributed by atoms with E-state index >= 15 is 0 Å². The van der Waals surface area contributed by atoms with Gasteiger partial charge in [-0.2, -0.15) is 13.2 Å². The molecule has 0 amide bonds. The van der Waals surface area contributed by atoms with E-state index in [2.05, 4.69) is 9.97 Å². The molecule has 0 spiro atoms. The fraction of sp³-hybridized carbons (Fsp3) is 0.273. The van der Waals surface area contributed by atoms with Crippen LogP contribution in [0.15, 0.2) is 18.2 Å². The molecule has 0 radical (unpaired) electrons. The van der Waals surface area contributed by atoms with E-state index in [4.69, 9.17) is 5.73 Å². The van der Waals surface area contributed by atoms with Gasteiger partial charge in [0, 0.05) is 11.9 Å². The van der Waals surface area contributed by atoms with Crippen LogP contribution < -0.4 is 5.73 Å². The Hall–Kier alpha value is -1.69. The van der Waals surface area contributed by atoms with Gasteiger partial charge < -0.3 is 5.73 Å². The minimum Gasteiger partial charge on any atom is -0.325 e. The van der Waals surface area contributed by atoms with E-state index in [9.17, 15) is 13.2 Å². The van der Waals surface area contributed by atoms with E-state index < -0.39 is 11.7 Å². The van der Waals surface area contributed by atoms with Gasteiger partial charge in [0.25, 0.3) is 0 Å². The number of aromatic nitrogens is 2. The first-order chi connectivity index (χ1) is 7.93. The lowest BCUT2D eigenvalue weighted by Gasteiger charge is -2.11. The van der Waals surface area contributed by atoms with E-state index in [0.29, 0.717) is 11.1 Å². The van der Waals surface area contributed by atoms with E-state index in [1.54, 1.807) is 13.0 Å². The quantitative estimate of drug-likeness (QED) is 0.834. The van der Waals surface area contributed by atoms with E-state index in [1.807, 2.05) is 0 Å². The number of hydrogen-bond donors (Lipinski definition) is 1. The van der Waals surface area contributed by atoms with Crippen molar-refractivity contribution < 1.29 is 13.2 Å². The van der Waals surface area contributed by atoms with Crippen molar-refractivity contribution in [2.75, 3.05) is 0 Å². The monoisotopic (exact) mass is 241 g/mol. The van der Waals surface area contributed by atoms with Gasteiger partial charge in [-0.15, -0.1) is 0 Å². The second-order valence-corrected chi connectivity index (χ2v) is 3.62. The molecular weight excluding hydrogens is 231 g/mol. The summed E-state index contributed by atoms with van der Waals surface area (Å²) in [4.78, 5) is 7.90. The van der Waals surface area contributed by atoms with Crippen molar-refractivity contribution in [1.82, 2.24) is 9.97 Å². The highest BCUT2D eigenvalue weighted by atomic mass is 19.4. The van der Waals surface area contributed by atoms with Crippen LogP contribution in [0, 0.1) is 6.92 Å². The number of nitrogens with two attached hydrogens (primary N) is 1. The zero-order chi connectivity index (χ0) is 12.6. The van der Waals surface area contributed by atoms with Crippen LogP contribution in [0.1, 0.15) is 17.1 Å². The molecule has 3 nitrogen and oxygen atoms in total. The summed E-state index contributed by atoms with van der Waals surface area (Å²) in [5, 5.41) is 0.355. The third-order valence-corrected chi connectivity index (χ3v) is 2.42. The molecule has 6 heteroatoms. The largest absolute Gasteiger partial charge is 0.418 e. The summed E-state index contributed by atoms with van der Waals surface area (Å²) < 4.78 is 38.4. The fourth-order valence-electron chi connectivity index (χ4n) is 1.72. The van der Waals surface area contributed by atoms with Crippen LogP contribution in [-0.2, 0) is 12.7 Å². The van der Waals surface area contributed by atoms with Gasteiger partial charge in [0.1, 0.15) is 5.82 Å². The zero-order valence-corrected chi connectivity index (χ0v) is 9.04. The molecule has 0 aliphatic heterocycles. The summed E-state index contributed by atoms with van der Waals surface area (Å²) in [6, 6.07) is 3.89. The lowest BCUT2D eigenvalue weighted by atomic mass is 10.1. The molecule has 0 aliphatic carbocycles. The number of para-hydroxylation sites is 1. The van der Waals surface area contributed by atoms with Crippen molar-refractivity contribution in [3.05, 3.63) is 35.3 Å². The van der Waals surface area contributed by atoms with Crippen LogP contribution in [0.2, 0.25) is 0 Å². The minimum atomic E-state index is -4.42. The standard InChI is InChI=1S/C11H10F3N3/c1-6-16-9(5-15)7-3-2-4-8(10(7)17-6)11(12,13)14/h2-4H,5,15H2,1H3. The maximum Gasteiger partial charge on any atom is 0.418 e. The molecule has 0 fully saturated rings. The molecule has 1 aromatic heterocycles. The first-order valence-corrected chi connectivity index (χ1v) is 4.97. The van der Waals surface area contributed by atoms with Crippen LogP contribution in [0.25, 0.3) is 10.9 Å². The smallest absolute Gasteiger partial charge is 0.325 e. The molecule has 1 aromatic carbocycles. The Morgan fingerprint density at radius 2 is 1.94 bits per heavy atom. The van der Waals surface area contributed by atoms with Crippen LogP contribution >= 0.6 is 0 Å². The Morgan fingerprint density at radius 3 is 2.53 bits per heavy atom. The minimum absolute atomic E-state index is 0.0845. The Bertz CT molecular complexity index is 564. The molecule has 0 saturated heterocycles. The normalized spacial score (nSPS) is 12.1. The Labute approximate surface area is 95.5 Å². The zero-order valence-electron chi connectivity index (χ0n) is 9.04. The number of rotatable bonds is 1. The molecule has 0 unspecified atom stereocenters. The number of aryl methyl sites for hydroxylation is 1. The van der Waals surface area contributed by atoms with Gasteiger partial charge in [0.05, 0.1) is 16.8 Å². The van der Waals surface area contributed by atoms with Gasteiger partial charge in [-0.3, -0.25) is 0 Å². The summed E-state index contributed by atoms with van der Waals surface area (Å²) in [6.07, 6.45) is -4.42. The van der Waals surface area contributed by atoms with Gasteiger partial charge in [0.2, 0.25) is 0 Å². The summed E-state index contributed by atoms with van der Waals surface area (Å²) in [5.74, 6) is 0.287. The molecule has 17 heavy (non-hydrogen) atoms. The molecule has 0 atom stereocenters. The number of nitrogens with zero attached hydrogens (tertiary/aromatic N) is 2. The van der Waals surface area contributed by atoms with Crippen molar-refractivity contribution in [3.63, 3.8) is 0 Å². The Kier molecular flexibility index (Phi) is 2.74. The van der Waals surface area contributed by atoms with E-state index in [0.717, 1.165) is 6.07 Å². The van der Waals surface area contributed by atoms with Gasteiger partial charge in [0.15, 0.2) is 0 Å². The van der Waals surface area contributed by atoms with Gasteiger partial charge in [-0.05, 0) is 13.0 Å². The summed E-state index contributed by atoms with van der Waals surface area (Å²) in [7, 11) is 0. The van der Waals surface area contributed by atoms with Crippen molar-refractivity contribution in [2.45, 2.75) is 19.6 Å². The molecule has 90 valence electrons. The van der Waals surface area contributed by atoms with Crippen molar-refractivity contribution in [3.8, 4) is 0 Å². The highest BCUT2D eigenvalue weighted by Crippen LogP contribution is 2.34. The number of halogens is 3. The van der Waals surface area contributed by atoms with Crippen LogP contribution in [0.4, 0.5) is 13.2 Å². The Balaban J connectivity index is 2.85. The molecule has 2 rings (SSSR count). The maximum absolute atomic E-state index is 12.8. The predicted molar refractivity (Wildman–Crippen MR) is 57.2 cm³/mol. The highest BCUT2D eigenvalue weighted by molar-refractivity contribution is 5.84. The highest BCUT2D eigenvalue weighted by Gasteiger charge is 2.33. The average molecular weight is 241 g/mol. The third-order valence-electron chi connectivity index (χ3n) is 2.42. The van der Waals surface area contributed by atoms with E-state index in [-0.39, 0.29) is 17.9 Å². The molecular formula is C11H10F3N3. The SMILES string of the molecule is Cc1nc(CN)c2cccc(C(F)(F)F)c2n1. The number of alkyl halides is 3. The molecule has 2 N–H and O–H groups in total. The lowest BCUT2D eigenvalue weighted by molar-refractivity contribution is -0.136. The summed E-state index contributed by atoms with van der Waals surface area (Å²) in [5.41, 5.74) is 5.06. The number of hydrogen-bond acceptors (Lipinski definition) is 3.